The van der Waals surface area contributed by atoms with Gasteiger partial charge in [0, 0.05) is 6.04 Å². The molecule has 0 aliphatic heterocycles. The van der Waals surface area contributed by atoms with Gasteiger partial charge in [0.25, 0.3) is 0 Å². The summed E-state index contributed by atoms with van der Waals surface area (Å²) in [4.78, 5) is 12.1. The van der Waals surface area contributed by atoms with Crippen LogP contribution in [0.4, 0.5) is 0 Å². The van der Waals surface area contributed by atoms with Crippen LogP contribution in [0.25, 0.3) is 0 Å². The van der Waals surface area contributed by atoms with Crippen molar-refractivity contribution in [2.75, 3.05) is 0 Å². The zero-order valence-corrected chi connectivity index (χ0v) is 11.3. The number of hydrogen-bond acceptors (Lipinski definition) is 3. The Morgan fingerprint density at radius 1 is 1.53 bits per heavy atom. The summed E-state index contributed by atoms with van der Waals surface area (Å²) in [6.45, 7) is 7.61. The van der Waals surface area contributed by atoms with Crippen molar-refractivity contribution in [3.8, 4) is 0 Å². The van der Waals surface area contributed by atoms with E-state index in [4.69, 9.17) is 10.9 Å². The highest BCUT2D eigenvalue weighted by molar-refractivity contribution is 6.06. The van der Waals surface area contributed by atoms with Gasteiger partial charge in [0.2, 0.25) is 5.91 Å². The molecule has 0 radical (unpaired) electrons. The summed E-state index contributed by atoms with van der Waals surface area (Å²) in [5.41, 5.74) is 4.64. The van der Waals surface area contributed by atoms with Crippen LogP contribution in [0.3, 0.4) is 0 Å². The molecule has 100 valence electrons. The van der Waals surface area contributed by atoms with E-state index in [0.29, 0.717) is 6.42 Å². The van der Waals surface area contributed by atoms with E-state index in [2.05, 4.69) is 17.4 Å². The first kappa shape index (κ1) is 15.7. The van der Waals surface area contributed by atoms with Gasteiger partial charge in [-0.3, -0.25) is 4.79 Å². The number of oxime groups is 1. The second kappa shape index (κ2) is 7.14. The summed E-state index contributed by atoms with van der Waals surface area (Å²) in [5, 5.41) is 14.6. The third kappa shape index (κ3) is 4.24. The molecule has 0 saturated heterocycles. The lowest BCUT2D eigenvalue weighted by atomic mass is 9.85. The molecule has 4 N–H and O–H groups in total. The van der Waals surface area contributed by atoms with Crippen LogP contribution in [0.2, 0.25) is 0 Å². The van der Waals surface area contributed by atoms with Gasteiger partial charge >= 0.3 is 0 Å². The van der Waals surface area contributed by atoms with Crippen LogP contribution in [-0.4, -0.2) is 23.0 Å². The van der Waals surface area contributed by atoms with Crippen LogP contribution in [0.15, 0.2) is 5.16 Å². The first-order chi connectivity index (χ1) is 7.92. The Kier molecular flexibility index (Phi) is 6.61. The monoisotopic (exact) mass is 243 g/mol. The van der Waals surface area contributed by atoms with Crippen molar-refractivity contribution in [2.24, 2.45) is 16.3 Å². The number of nitrogens with one attached hydrogen (secondary N) is 1. The number of carbonyl (C=O) groups is 1. The summed E-state index contributed by atoms with van der Waals surface area (Å²) >= 11 is 0. The number of amidine groups is 1. The number of nitrogens with zero attached hydrogens (tertiary/aromatic N) is 1. The predicted octanol–water partition coefficient (Wildman–Crippen LogP) is 1.84. The molecule has 0 saturated carbocycles. The Bertz CT molecular complexity index is 279. The van der Waals surface area contributed by atoms with E-state index in [1.54, 1.807) is 6.92 Å². The van der Waals surface area contributed by atoms with Crippen molar-refractivity contribution in [2.45, 2.75) is 59.4 Å². The number of hydrogen-bond donors (Lipinski definition) is 3. The molecule has 0 fully saturated rings. The molecule has 0 aromatic heterocycles. The van der Waals surface area contributed by atoms with Crippen molar-refractivity contribution in [3.63, 3.8) is 0 Å². The summed E-state index contributed by atoms with van der Waals surface area (Å²) in [6, 6.07) is 0.111. The molecular formula is C12H25N3O2. The number of unbranched alkanes of at least 4 members (excludes halogenated alkanes) is 1. The highest BCUT2D eigenvalue weighted by Gasteiger charge is 2.36. The predicted molar refractivity (Wildman–Crippen MR) is 68.9 cm³/mol. The van der Waals surface area contributed by atoms with E-state index in [1.165, 1.54) is 0 Å². The Balaban J connectivity index is 4.56. The molecule has 2 unspecified atom stereocenters. The first-order valence-electron chi connectivity index (χ1n) is 6.21. The van der Waals surface area contributed by atoms with Crippen molar-refractivity contribution in [1.82, 2.24) is 5.32 Å². The molecule has 5 heteroatoms. The molecule has 1 amide bonds. The molecule has 17 heavy (non-hydrogen) atoms. The number of carbonyl (C=O) groups excluding carboxylic acids is 1. The molecule has 0 rings (SSSR count). The molecule has 0 aromatic carbocycles. The van der Waals surface area contributed by atoms with Crippen molar-refractivity contribution < 1.29 is 10.0 Å². The normalized spacial score (nSPS) is 17.3. The summed E-state index contributed by atoms with van der Waals surface area (Å²) < 4.78 is 0. The Morgan fingerprint density at radius 2 is 2.12 bits per heavy atom. The number of nitrogens with two attached hydrogens (primary N) is 1. The highest BCUT2D eigenvalue weighted by atomic mass is 16.4. The minimum atomic E-state index is -0.935. The highest BCUT2D eigenvalue weighted by Crippen LogP contribution is 2.22. The molecular weight excluding hydrogens is 218 g/mol. The summed E-state index contributed by atoms with van der Waals surface area (Å²) in [5.74, 6) is -0.223. The lowest BCUT2D eigenvalue weighted by molar-refractivity contribution is -0.127. The van der Waals surface area contributed by atoms with Gasteiger partial charge in [-0.15, -0.1) is 0 Å². The third-order valence-electron chi connectivity index (χ3n) is 3.25. The minimum absolute atomic E-state index is 0.0415. The minimum Gasteiger partial charge on any atom is -0.409 e. The molecule has 0 aromatic rings. The third-order valence-corrected chi connectivity index (χ3v) is 3.25. The van der Waals surface area contributed by atoms with Gasteiger partial charge in [-0.2, -0.15) is 0 Å². The smallest absolute Gasteiger partial charge is 0.233 e. The maximum atomic E-state index is 12.1. The Morgan fingerprint density at radius 3 is 2.53 bits per heavy atom. The fourth-order valence-electron chi connectivity index (χ4n) is 1.53. The number of amides is 1. The summed E-state index contributed by atoms with van der Waals surface area (Å²) in [6.07, 6.45) is 3.62. The van der Waals surface area contributed by atoms with Crippen molar-refractivity contribution in [1.29, 1.82) is 0 Å². The molecule has 2 atom stereocenters. The fourth-order valence-corrected chi connectivity index (χ4v) is 1.53. The Hall–Kier alpha value is -1.26. The second-order valence-electron chi connectivity index (χ2n) is 4.69. The standard InChI is InChI=1S/C12H25N3O2/c1-5-7-8-9(3)14-11(16)12(4,6-2)10(13)15-17/h9,17H,5-8H2,1-4H3,(H2,13,15)(H,14,16). The van der Waals surface area contributed by atoms with Crippen LogP contribution in [-0.2, 0) is 4.79 Å². The van der Waals surface area contributed by atoms with Crippen LogP contribution < -0.4 is 11.1 Å². The molecule has 5 nitrogen and oxygen atoms in total. The maximum absolute atomic E-state index is 12.1. The van der Waals surface area contributed by atoms with Gasteiger partial charge in [0.1, 0.15) is 5.41 Å². The first-order valence-corrected chi connectivity index (χ1v) is 6.21. The van der Waals surface area contributed by atoms with E-state index >= 15 is 0 Å². The van der Waals surface area contributed by atoms with Crippen molar-refractivity contribution in [3.05, 3.63) is 0 Å². The number of rotatable bonds is 7. The Labute approximate surface area is 103 Å². The topological polar surface area (TPSA) is 87.7 Å². The van der Waals surface area contributed by atoms with E-state index < -0.39 is 5.41 Å². The summed E-state index contributed by atoms with van der Waals surface area (Å²) in [7, 11) is 0. The second-order valence-corrected chi connectivity index (χ2v) is 4.69. The van der Waals surface area contributed by atoms with Gasteiger partial charge in [-0.1, -0.05) is 31.8 Å². The quantitative estimate of drug-likeness (QED) is 0.276. The van der Waals surface area contributed by atoms with Gasteiger partial charge < -0.3 is 16.3 Å². The van der Waals surface area contributed by atoms with Gasteiger partial charge in [-0.05, 0) is 26.7 Å². The average molecular weight is 243 g/mol. The van der Waals surface area contributed by atoms with Gasteiger partial charge in [0.15, 0.2) is 5.84 Å². The largest absolute Gasteiger partial charge is 0.409 e. The maximum Gasteiger partial charge on any atom is 0.233 e. The zero-order chi connectivity index (χ0) is 13.5. The molecule has 0 heterocycles. The van der Waals surface area contributed by atoms with Crippen LogP contribution in [0.5, 0.6) is 0 Å². The van der Waals surface area contributed by atoms with Gasteiger partial charge in [-0.25, -0.2) is 0 Å². The van der Waals surface area contributed by atoms with Gasteiger partial charge in [0.05, 0.1) is 0 Å². The van der Waals surface area contributed by atoms with Crippen LogP contribution in [0, 0.1) is 5.41 Å². The van der Waals surface area contributed by atoms with E-state index in [0.717, 1.165) is 19.3 Å². The van der Waals surface area contributed by atoms with Crippen molar-refractivity contribution >= 4 is 11.7 Å². The zero-order valence-electron chi connectivity index (χ0n) is 11.3. The average Bonchev–Trinajstić information content (AvgIpc) is 2.33. The molecule has 0 aliphatic rings. The molecule has 0 aliphatic carbocycles. The SMILES string of the molecule is CCCCC(C)NC(=O)C(C)(CC)C(N)=NO. The van der Waals surface area contributed by atoms with Crippen LogP contribution >= 0.6 is 0 Å². The van der Waals surface area contributed by atoms with E-state index in [1.807, 2.05) is 13.8 Å². The lowest BCUT2D eigenvalue weighted by Gasteiger charge is -2.27. The van der Waals surface area contributed by atoms with Crippen LogP contribution in [0.1, 0.15) is 53.4 Å². The fraction of sp³-hybridized carbons (Fsp3) is 0.833. The lowest BCUT2D eigenvalue weighted by Crippen LogP contribution is -2.49. The molecule has 0 spiro atoms. The van der Waals surface area contributed by atoms with E-state index in [-0.39, 0.29) is 17.8 Å². The van der Waals surface area contributed by atoms with E-state index in [9.17, 15) is 4.79 Å². The molecule has 0 bridgehead atoms.